The van der Waals surface area contributed by atoms with Crippen LogP contribution < -0.4 is 4.90 Å². The Morgan fingerprint density at radius 3 is 1.39 bits per heavy atom. The van der Waals surface area contributed by atoms with Gasteiger partial charge in [0, 0.05) is 66.2 Å². The van der Waals surface area contributed by atoms with Crippen LogP contribution in [-0.2, 0) is 5.41 Å². The van der Waals surface area contributed by atoms with E-state index in [1.165, 1.54) is 88.1 Å². The summed E-state index contributed by atoms with van der Waals surface area (Å²) in [5.74, 6) is 0. The molecule has 1 aliphatic carbocycles. The molecule has 0 radical (unpaired) electrons. The van der Waals surface area contributed by atoms with Gasteiger partial charge in [-0.25, -0.2) is 0 Å². The maximum atomic E-state index is 6.21. The smallest absolute Gasteiger partial charge is 0.135 e. The second-order valence-corrected chi connectivity index (χ2v) is 21.7. The summed E-state index contributed by atoms with van der Waals surface area (Å²) in [6.07, 6.45) is 0. The molecule has 0 amide bonds. The molecule has 12 aromatic carbocycles. The lowest BCUT2D eigenvalue weighted by molar-refractivity contribution is 0.660. The van der Waals surface area contributed by atoms with Crippen molar-refractivity contribution in [2.45, 2.75) is 19.3 Å². The van der Waals surface area contributed by atoms with Gasteiger partial charge in [-0.05, 0) is 171 Å². The Hall–Kier alpha value is -10.2. The van der Waals surface area contributed by atoms with Gasteiger partial charge in [0.2, 0.25) is 0 Å². The Labute approximate surface area is 457 Å². The summed E-state index contributed by atoms with van der Waals surface area (Å²) in [4.78, 5) is 2.42. The first-order valence-corrected chi connectivity index (χ1v) is 27.3. The first-order chi connectivity index (χ1) is 38.9. The highest BCUT2D eigenvalue weighted by Crippen LogP contribution is 2.52. The molecule has 0 unspecified atom stereocenters. The normalized spacial score (nSPS) is 12.8. The van der Waals surface area contributed by atoms with Crippen LogP contribution in [0.2, 0.25) is 0 Å². The van der Waals surface area contributed by atoms with E-state index in [4.69, 9.17) is 4.42 Å². The Balaban J connectivity index is 0.784. The van der Waals surface area contributed by atoms with E-state index >= 15 is 0 Å². The topological polar surface area (TPSA) is 26.2 Å². The number of anilines is 3. The average Bonchev–Trinajstić information content (AvgIpc) is 4.43. The van der Waals surface area contributed by atoms with Crippen molar-refractivity contribution < 1.29 is 4.42 Å². The van der Waals surface area contributed by atoms with Crippen LogP contribution in [0.4, 0.5) is 17.1 Å². The molecule has 0 bridgehead atoms. The third-order valence-corrected chi connectivity index (χ3v) is 16.9. The van der Waals surface area contributed by atoms with Crippen molar-refractivity contribution in [3.05, 3.63) is 284 Å². The molecular formula is C75H51N3O. The number of benzene rings is 12. The van der Waals surface area contributed by atoms with E-state index in [2.05, 4.69) is 289 Å². The number of furan rings is 1. The molecule has 0 saturated carbocycles. The highest BCUT2D eigenvalue weighted by molar-refractivity contribution is 6.12. The number of nitrogens with zero attached hydrogens (tertiary/aromatic N) is 3. The van der Waals surface area contributed by atoms with Crippen molar-refractivity contribution in [1.82, 2.24) is 9.13 Å². The Kier molecular flexibility index (Phi) is 9.95. The number of aromatic nitrogens is 2. The number of rotatable bonds is 8. The van der Waals surface area contributed by atoms with Gasteiger partial charge < -0.3 is 18.5 Å². The van der Waals surface area contributed by atoms with Crippen LogP contribution in [0.1, 0.15) is 25.0 Å². The summed E-state index contributed by atoms with van der Waals surface area (Å²) in [6, 6.07) is 100. The molecule has 79 heavy (non-hydrogen) atoms. The highest BCUT2D eigenvalue weighted by Gasteiger charge is 2.36. The van der Waals surface area contributed by atoms with E-state index < -0.39 is 0 Å². The first kappa shape index (κ1) is 45.1. The van der Waals surface area contributed by atoms with E-state index in [1.807, 2.05) is 12.1 Å². The monoisotopic (exact) mass is 1010 g/mol. The molecule has 1 aliphatic rings. The standard InChI is InChI=1S/C75H51N3O/c1-75(2)67-45-52(53-30-39-63-61-19-9-12-22-69(61)78(72(63)46-53)55-17-7-4-8-18-55)29-38-59(67)60-40-37-58(47-68(60)75)76(57-35-27-49(28-36-57)51-32-42-74-66(44-51)64-21-11-14-24-73(64)79-74)56-33-25-48(26-34-56)50-31-41-71-65(43-50)62-20-10-13-23-70(62)77(71)54-15-5-3-6-16-54/h3-47H,1-2H3. The van der Waals surface area contributed by atoms with Gasteiger partial charge in [-0.3, -0.25) is 0 Å². The number of hydrogen-bond acceptors (Lipinski definition) is 2. The van der Waals surface area contributed by atoms with Gasteiger partial charge in [-0.2, -0.15) is 0 Å². The van der Waals surface area contributed by atoms with E-state index in [-0.39, 0.29) is 5.41 Å². The summed E-state index contributed by atoms with van der Waals surface area (Å²) in [6.45, 7) is 4.79. The lowest BCUT2D eigenvalue weighted by Gasteiger charge is -2.28. The van der Waals surface area contributed by atoms with Crippen LogP contribution in [0.5, 0.6) is 0 Å². The number of para-hydroxylation sites is 5. The summed E-state index contributed by atoms with van der Waals surface area (Å²) in [5, 5.41) is 7.26. The molecule has 15 aromatic rings. The fraction of sp³-hybridized carbons (Fsp3) is 0.0400. The van der Waals surface area contributed by atoms with Crippen molar-refractivity contribution in [3.8, 4) is 55.9 Å². The van der Waals surface area contributed by atoms with Crippen molar-refractivity contribution >= 4 is 82.6 Å². The average molecular weight is 1010 g/mol. The molecule has 3 aromatic heterocycles. The van der Waals surface area contributed by atoms with E-state index in [0.29, 0.717) is 0 Å². The zero-order chi connectivity index (χ0) is 52.3. The molecule has 4 heteroatoms. The first-order valence-electron chi connectivity index (χ1n) is 27.3. The molecule has 3 heterocycles. The number of fused-ring (bicyclic) bond motifs is 12. The minimum absolute atomic E-state index is 0.267. The molecule has 0 saturated heterocycles. The predicted octanol–water partition coefficient (Wildman–Crippen LogP) is 20.6. The number of hydrogen-bond donors (Lipinski definition) is 0. The molecule has 0 fully saturated rings. The summed E-state index contributed by atoms with van der Waals surface area (Å²) in [5.41, 5.74) is 24.3. The van der Waals surface area contributed by atoms with Gasteiger partial charge in [-0.15, -0.1) is 0 Å². The Morgan fingerprint density at radius 1 is 0.291 bits per heavy atom. The van der Waals surface area contributed by atoms with Gasteiger partial charge >= 0.3 is 0 Å². The van der Waals surface area contributed by atoms with E-state index in [0.717, 1.165) is 61.5 Å². The second kappa shape index (κ2) is 17.4. The molecular weight excluding hydrogens is 959 g/mol. The Morgan fingerprint density at radius 2 is 0.722 bits per heavy atom. The Bertz CT molecular complexity index is 4900. The minimum Gasteiger partial charge on any atom is -0.456 e. The lowest BCUT2D eigenvalue weighted by Crippen LogP contribution is -2.16. The van der Waals surface area contributed by atoms with Crippen LogP contribution in [0.3, 0.4) is 0 Å². The summed E-state index contributed by atoms with van der Waals surface area (Å²) in [7, 11) is 0. The zero-order valence-electron chi connectivity index (χ0n) is 43.7. The van der Waals surface area contributed by atoms with Gasteiger partial charge in [0.15, 0.2) is 0 Å². The van der Waals surface area contributed by atoms with E-state index in [1.54, 1.807) is 0 Å². The van der Waals surface area contributed by atoms with Crippen molar-refractivity contribution in [2.24, 2.45) is 0 Å². The van der Waals surface area contributed by atoms with Crippen LogP contribution in [-0.4, -0.2) is 9.13 Å². The molecule has 0 atom stereocenters. The quantitative estimate of drug-likeness (QED) is 0.152. The maximum absolute atomic E-state index is 6.21. The van der Waals surface area contributed by atoms with Crippen molar-refractivity contribution in [2.75, 3.05) is 4.90 Å². The largest absolute Gasteiger partial charge is 0.456 e. The fourth-order valence-corrected chi connectivity index (χ4v) is 13.0. The van der Waals surface area contributed by atoms with Crippen LogP contribution >= 0.6 is 0 Å². The molecule has 16 rings (SSSR count). The third-order valence-electron chi connectivity index (χ3n) is 16.9. The fourth-order valence-electron chi connectivity index (χ4n) is 13.0. The van der Waals surface area contributed by atoms with Crippen molar-refractivity contribution in [1.29, 1.82) is 0 Å². The van der Waals surface area contributed by atoms with E-state index in [9.17, 15) is 0 Å². The lowest BCUT2D eigenvalue weighted by atomic mass is 9.81. The van der Waals surface area contributed by atoms with Crippen LogP contribution in [0.25, 0.3) is 121 Å². The summed E-state index contributed by atoms with van der Waals surface area (Å²) >= 11 is 0. The molecule has 0 aliphatic heterocycles. The molecule has 0 spiro atoms. The SMILES string of the molecule is CC1(C)c2cc(-c3ccc4c5ccccc5n(-c5ccccc5)c4c3)ccc2-c2ccc(N(c3ccc(-c4ccc5oc6ccccc6c5c4)cc3)c3ccc(-c4ccc5c(c4)c4ccccc4n5-c4ccccc4)cc3)cc21. The molecule has 0 N–H and O–H groups in total. The van der Waals surface area contributed by atoms with Crippen LogP contribution in [0, 0.1) is 0 Å². The molecule has 4 nitrogen and oxygen atoms in total. The van der Waals surface area contributed by atoms with Gasteiger partial charge in [0.05, 0.1) is 22.1 Å². The predicted molar refractivity (Wildman–Crippen MR) is 331 cm³/mol. The third kappa shape index (κ3) is 7.08. The maximum Gasteiger partial charge on any atom is 0.135 e. The van der Waals surface area contributed by atoms with Gasteiger partial charge in [0.25, 0.3) is 0 Å². The summed E-state index contributed by atoms with van der Waals surface area (Å²) < 4.78 is 11.0. The minimum atomic E-state index is -0.267. The van der Waals surface area contributed by atoms with Gasteiger partial charge in [0.1, 0.15) is 11.2 Å². The van der Waals surface area contributed by atoms with Crippen LogP contribution in [0.15, 0.2) is 277 Å². The van der Waals surface area contributed by atoms with Gasteiger partial charge in [-0.1, -0.05) is 172 Å². The second-order valence-electron chi connectivity index (χ2n) is 21.7. The van der Waals surface area contributed by atoms with Crippen molar-refractivity contribution in [3.63, 3.8) is 0 Å². The highest BCUT2D eigenvalue weighted by atomic mass is 16.3. The zero-order valence-corrected chi connectivity index (χ0v) is 43.7. The molecule has 372 valence electrons.